The first kappa shape index (κ1) is 25.6. The van der Waals surface area contributed by atoms with Gasteiger partial charge in [-0.1, -0.05) is 56.5 Å². The van der Waals surface area contributed by atoms with E-state index < -0.39 is 29.6 Å². The SMILES string of the molecule is CCCN1C(=O)[C@H]2[C@@H](C(=O)Nc3ccc(Oc4ccccc4)cc3)[C@H]3C=C[C@@]2(O3)[C@H]1C(=O)NC1CCCCC1. The summed E-state index contributed by atoms with van der Waals surface area (Å²) in [5, 5.41) is 6.17. The molecule has 0 unspecified atom stereocenters. The molecule has 6 rings (SSSR count). The average Bonchev–Trinajstić information content (AvgIpc) is 3.59. The van der Waals surface area contributed by atoms with Gasteiger partial charge in [0.1, 0.15) is 23.1 Å². The van der Waals surface area contributed by atoms with Crippen LogP contribution in [0.5, 0.6) is 11.5 Å². The van der Waals surface area contributed by atoms with Crippen LogP contribution in [0.4, 0.5) is 5.69 Å². The summed E-state index contributed by atoms with van der Waals surface area (Å²) in [6, 6.07) is 15.9. The fraction of sp³-hybridized carbons (Fsp3) is 0.452. The standard InChI is InChI=1S/C31H35N3O5/c1-2-19-34-27(29(36)33-20-9-5-3-6-10-20)31-18-17-24(39-31)25(26(31)30(34)37)28(35)32-21-13-15-23(16-14-21)38-22-11-7-4-8-12-22/h4,7-8,11-18,20,24-27H,2-3,5-6,9-10,19H2,1H3,(H,32,35)(H,33,36)/t24-,25+,26-,27-,31+/m1/s1. The maximum atomic E-state index is 13.8. The van der Waals surface area contributed by atoms with E-state index in [1.165, 1.54) is 6.42 Å². The fourth-order valence-corrected chi connectivity index (χ4v) is 6.73. The van der Waals surface area contributed by atoms with Crippen LogP contribution in [-0.4, -0.2) is 53.0 Å². The Morgan fingerprint density at radius 2 is 1.72 bits per heavy atom. The van der Waals surface area contributed by atoms with Gasteiger partial charge < -0.3 is 25.0 Å². The van der Waals surface area contributed by atoms with Crippen LogP contribution in [-0.2, 0) is 19.1 Å². The number of anilines is 1. The molecule has 2 aromatic rings. The van der Waals surface area contributed by atoms with Crippen LogP contribution in [0, 0.1) is 11.8 Å². The number of hydrogen-bond acceptors (Lipinski definition) is 5. The van der Waals surface area contributed by atoms with Crippen molar-refractivity contribution in [2.24, 2.45) is 11.8 Å². The van der Waals surface area contributed by atoms with Gasteiger partial charge in [0.2, 0.25) is 17.7 Å². The summed E-state index contributed by atoms with van der Waals surface area (Å²) in [5.41, 5.74) is -0.519. The molecule has 5 atom stereocenters. The number of carbonyl (C=O) groups is 3. The smallest absolute Gasteiger partial charge is 0.246 e. The second-order valence-corrected chi connectivity index (χ2v) is 11.0. The van der Waals surface area contributed by atoms with E-state index in [4.69, 9.17) is 9.47 Å². The van der Waals surface area contributed by atoms with Gasteiger partial charge in [-0.15, -0.1) is 0 Å². The minimum atomic E-state index is -1.12. The number of amides is 3. The Bertz CT molecular complexity index is 1260. The zero-order valence-corrected chi connectivity index (χ0v) is 22.2. The maximum Gasteiger partial charge on any atom is 0.246 e. The summed E-state index contributed by atoms with van der Waals surface area (Å²) in [7, 11) is 0. The van der Waals surface area contributed by atoms with E-state index in [0.29, 0.717) is 24.4 Å². The lowest BCUT2D eigenvalue weighted by Crippen LogP contribution is -2.56. The number of ether oxygens (including phenoxy) is 2. The monoisotopic (exact) mass is 529 g/mol. The van der Waals surface area contributed by atoms with Crippen molar-refractivity contribution in [2.45, 2.75) is 69.2 Å². The number of nitrogens with zero attached hydrogens (tertiary/aromatic N) is 1. The Morgan fingerprint density at radius 1 is 1.00 bits per heavy atom. The van der Waals surface area contributed by atoms with Gasteiger partial charge >= 0.3 is 0 Å². The van der Waals surface area contributed by atoms with Crippen LogP contribution in [0.25, 0.3) is 0 Å². The van der Waals surface area contributed by atoms with Crippen molar-refractivity contribution >= 4 is 23.4 Å². The summed E-state index contributed by atoms with van der Waals surface area (Å²) in [4.78, 5) is 42.7. The lowest BCUT2D eigenvalue weighted by atomic mass is 9.74. The highest BCUT2D eigenvalue weighted by molar-refractivity contribution is 6.02. The largest absolute Gasteiger partial charge is 0.457 e. The van der Waals surface area contributed by atoms with Gasteiger partial charge in [-0.05, 0) is 55.7 Å². The molecular formula is C31H35N3O5. The number of fused-ring (bicyclic) bond motifs is 1. The summed E-state index contributed by atoms with van der Waals surface area (Å²) in [6.07, 6.45) is 9.17. The summed E-state index contributed by atoms with van der Waals surface area (Å²) < 4.78 is 12.2. The number of hydrogen-bond donors (Lipinski definition) is 2. The zero-order chi connectivity index (χ0) is 27.0. The molecule has 3 amide bonds. The van der Waals surface area contributed by atoms with Crippen molar-refractivity contribution in [1.82, 2.24) is 10.2 Å². The van der Waals surface area contributed by atoms with Crippen LogP contribution in [0.15, 0.2) is 66.7 Å². The molecule has 204 valence electrons. The number of rotatable bonds is 8. The van der Waals surface area contributed by atoms with Crippen LogP contribution < -0.4 is 15.4 Å². The highest BCUT2D eigenvalue weighted by Gasteiger charge is 2.72. The minimum Gasteiger partial charge on any atom is -0.457 e. The van der Waals surface area contributed by atoms with Gasteiger partial charge in [0.05, 0.1) is 17.9 Å². The van der Waals surface area contributed by atoms with Gasteiger partial charge in [-0.2, -0.15) is 0 Å². The molecule has 8 heteroatoms. The molecule has 0 radical (unpaired) electrons. The molecule has 4 aliphatic rings. The summed E-state index contributed by atoms with van der Waals surface area (Å²) >= 11 is 0. The molecule has 3 heterocycles. The number of carbonyl (C=O) groups excluding carboxylic acids is 3. The van der Waals surface area contributed by atoms with Crippen LogP contribution in [0.3, 0.4) is 0 Å². The highest BCUT2D eigenvalue weighted by Crippen LogP contribution is 2.55. The van der Waals surface area contributed by atoms with E-state index in [1.807, 2.05) is 49.4 Å². The molecule has 39 heavy (non-hydrogen) atoms. The van der Waals surface area contributed by atoms with Crippen molar-refractivity contribution in [2.75, 3.05) is 11.9 Å². The Kier molecular flexibility index (Phi) is 6.89. The van der Waals surface area contributed by atoms with Gasteiger partial charge in [0.25, 0.3) is 0 Å². The minimum absolute atomic E-state index is 0.121. The third-order valence-corrected chi connectivity index (χ3v) is 8.44. The molecule has 2 bridgehead atoms. The quantitative estimate of drug-likeness (QED) is 0.494. The van der Waals surface area contributed by atoms with Crippen LogP contribution in [0.1, 0.15) is 45.4 Å². The van der Waals surface area contributed by atoms with E-state index in [2.05, 4.69) is 10.6 Å². The number of para-hydroxylation sites is 1. The third kappa shape index (κ3) is 4.61. The predicted octanol–water partition coefficient (Wildman–Crippen LogP) is 4.43. The van der Waals surface area contributed by atoms with E-state index >= 15 is 0 Å². The first-order chi connectivity index (χ1) is 19.0. The van der Waals surface area contributed by atoms with Crippen LogP contribution in [0.2, 0.25) is 0 Å². The molecule has 3 fully saturated rings. The Balaban J connectivity index is 1.19. The molecule has 3 aliphatic heterocycles. The van der Waals surface area contributed by atoms with Gasteiger partial charge in [0, 0.05) is 18.3 Å². The van der Waals surface area contributed by atoms with Gasteiger partial charge in [-0.25, -0.2) is 0 Å². The molecule has 2 saturated heterocycles. The summed E-state index contributed by atoms with van der Waals surface area (Å²) in [6.45, 7) is 2.43. The maximum absolute atomic E-state index is 13.8. The molecule has 2 N–H and O–H groups in total. The van der Waals surface area contributed by atoms with Crippen molar-refractivity contribution in [1.29, 1.82) is 0 Å². The van der Waals surface area contributed by atoms with E-state index in [9.17, 15) is 14.4 Å². The molecule has 1 saturated carbocycles. The predicted molar refractivity (Wildman–Crippen MR) is 146 cm³/mol. The Labute approximate surface area is 228 Å². The number of nitrogens with one attached hydrogen (secondary N) is 2. The van der Waals surface area contributed by atoms with Gasteiger partial charge in [0.15, 0.2) is 0 Å². The third-order valence-electron chi connectivity index (χ3n) is 8.44. The molecule has 1 spiro atoms. The van der Waals surface area contributed by atoms with Crippen molar-refractivity contribution in [3.8, 4) is 11.5 Å². The lowest BCUT2D eigenvalue weighted by molar-refractivity contribution is -0.141. The Hall–Kier alpha value is -3.65. The lowest BCUT2D eigenvalue weighted by Gasteiger charge is -2.34. The zero-order valence-electron chi connectivity index (χ0n) is 22.2. The highest BCUT2D eigenvalue weighted by atomic mass is 16.5. The second kappa shape index (κ2) is 10.5. The van der Waals surface area contributed by atoms with Crippen LogP contribution >= 0.6 is 0 Å². The van der Waals surface area contributed by atoms with E-state index in [0.717, 1.165) is 31.4 Å². The Morgan fingerprint density at radius 3 is 2.44 bits per heavy atom. The average molecular weight is 530 g/mol. The fourth-order valence-electron chi connectivity index (χ4n) is 6.73. The number of benzene rings is 2. The van der Waals surface area contributed by atoms with E-state index in [-0.39, 0.29) is 23.8 Å². The number of likely N-dealkylation sites (tertiary alicyclic amines) is 1. The molecule has 2 aromatic carbocycles. The van der Waals surface area contributed by atoms with Crippen molar-refractivity contribution in [3.63, 3.8) is 0 Å². The topological polar surface area (TPSA) is 97.0 Å². The van der Waals surface area contributed by atoms with Crippen molar-refractivity contribution in [3.05, 3.63) is 66.7 Å². The molecular weight excluding hydrogens is 494 g/mol. The molecule has 8 nitrogen and oxygen atoms in total. The summed E-state index contributed by atoms with van der Waals surface area (Å²) in [5.74, 6) is -0.713. The molecule has 1 aliphatic carbocycles. The second-order valence-electron chi connectivity index (χ2n) is 11.0. The van der Waals surface area contributed by atoms with E-state index in [1.54, 1.807) is 29.2 Å². The van der Waals surface area contributed by atoms with Crippen molar-refractivity contribution < 1.29 is 23.9 Å². The van der Waals surface area contributed by atoms with Gasteiger partial charge in [-0.3, -0.25) is 14.4 Å². The first-order valence-corrected chi connectivity index (χ1v) is 14.1. The first-order valence-electron chi connectivity index (χ1n) is 14.1. The molecule has 0 aromatic heterocycles. The normalized spacial score (nSPS) is 29.4.